The molecule has 0 radical (unpaired) electrons. The third-order valence-corrected chi connectivity index (χ3v) is 3.24. The lowest BCUT2D eigenvalue weighted by atomic mass is 10.1. The Labute approximate surface area is 129 Å². The Morgan fingerprint density at radius 1 is 1.41 bits per heavy atom. The summed E-state index contributed by atoms with van der Waals surface area (Å²) in [6.07, 6.45) is 5.24. The fraction of sp³-hybridized carbons (Fsp3) is 0.400. The Balaban J connectivity index is 1.89. The minimum absolute atomic E-state index is 0.109. The van der Waals surface area contributed by atoms with Crippen molar-refractivity contribution in [2.24, 2.45) is 0 Å². The molecule has 0 fully saturated rings. The predicted octanol–water partition coefficient (Wildman–Crippen LogP) is 2.37. The number of carbonyl (C=O) groups excluding carboxylic acids is 1. The zero-order chi connectivity index (χ0) is 15.9. The molecule has 2 rings (SSSR count). The molecule has 0 bridgehead atoms. The van der Waals surface area contributed by atoms with Gasteiger partial charge in [-0.1, -0.05) is 6.07 Å². The summed E-state index contributed by atoms with van der Waals surface area (Å²) in [6, 6.07) is 5.17. The molecule has 0 aliphatic carbocycles. The van der Waals surface area contributed by atoms with Crippen LogP contribution in [0.25, 0.3) is 0 Å². The number of aromatic nitrogens is 3. The van der Waals surface area contributed by atoms with Gasteiger partial charge in [0.05, 0.1) is 18.7 Å². The number of methoxy groups -OCH3 is 1. The Morgan fingerprint density at radius 2 is 2.23 bits per heavy atom. The van der Waals surface area contributed by atoms with E-state index in [0.29, 0.717) is 12.4 Å². The Kier molecular flexibility index (Phi) is 5.48. The summed E-state index contributed by atoms with van der Waals surface area (Å²) in [5.74, 6) is 0.499. The Bertz CT molecular complexity index is 599. The van der Waals surface area contributed by atoms with Gasteiger partial charge in [0.15, 0.2) is 5.82 Å². The zero-order valence-corrected chi connectivity index (χ0v) is 13.0. The molecule has 0 aromatic carbocycles. The van der Waals surface area contributed by atoms with Crippen molar-refractivity contribution in [3.63, 3.8) is 0 Å². The molecule has 0 spiro atoms. The van der Waals surface area contributed by atoms with Crippen molar-refractivity contribution in [2.45, 2.75) is 25.9 Å². The molecule has 2 aromatic heterocycles. The van der Waals surface area contributed by atoms with Crippen LogP contribution in [0.5, 0.6) is 0 Å². The Morgan fingerprint density at radius 3 is 2.91 bits per heavy atom. The van der Waals surface area contributed by atoms with Crippen LogP contribution in [0, 0.1) is 0 Å². The molecule has 2 aromatic rings. The minimum atomic E-state index is -0.305. The molecule has 0 aliphatic rings. The molecule has 7 nitrogen and oxygen atoms in total. The lowest BCUT2D eigenvalue weighted by Crippen LogP contribution is -2.31. The molecular weight excluding hydrogens is 282 g/mol. The van der Waals surface area contributed by atoms with Gasteiger partial charge >= 0.3 is 6.03 Å². The highest BCUT2D eigenvalue weighted by Gasteiger charge is 2.12. The predicted molar refractivity (Wildman–Crippen MR) is 83.6 cm³/mol. The number of carbonyl (C=O) groups is 1. The number of rotatable bonds is 6. The van der Waals surface area contributed by atoms with Crippen LogP contribution in [0.4, 0.5) is 10.6 Å². The van der Waals surface area contributed by atoms with E-state index in [-0.39, 0.29) is 18.1 Å². The SMILES string of the molecule is COC[C@H](C)n1ccc(NC(=O)N[C@@H](C)c2cccnc2)n1. The fourth-order valence-corrected chi connectivity index (χ4v) is 2.03. The van der Waals surface area contributed by atoms with E-state index in [2.05, 4.69) is 20.7 Å². The number of nitrogens with one attached hydrogen (secondary N) is 2. The highest BCUT2D eigenvalue weighted by atomic mass is 16.5. The molecule has 0 unspecified atom stereocenters. The maximum atomic E-state index is 12.0. The van der Waals surface area contributed by atoms with Crippen molar-refractivity contribution >= 4 is 11.8 Å². The van der Waals surface area contributed by atoms with Crippen molar-refractivity contribution in [3.8, 4) is 0 Å². The number of urea groups is 1. The second kappa shape index (κ2) is 7.56. The molecule has 2 heterocycles. The number of anilines is 1. The van der Waals surface area contributed by atoms with Crippen LogP contribution in [-0.2, 0) is 4.74 Å². The van der Waals surface area contributed by atoms with E-state index in [1.807, 2.05) is 32.2 Å². The van der Waals surface area contributed by atoms with Gasteiger partial charge in [0.25, 0.3) is 0 Å². The first-order chi connectivity index (χ1) is 10.6. The second-order valence-corrected chi connectivity index (χ2v) is 5.09. The van der Waals surface area contributed by atoms with E-state index in [1.165, 1.54) is 0 Å². The summed E-state index contributed by atoms with van der Waals surface area (Å²) in [6.45, 7) is 4.45. The number of pyridine rings is 1. The van der Waals surface area contributed by atoms with E-state index in [1.54, 1.807) is 30.3 Å². The van der Waals surface area contributed by atoms with Crippen molar-refractivity contribution in [3.05, 3.63) is 42.4 Å². The first kappa shape index (κ1) is 16.0. The number of nitrogens with zero attached hydrogens (tertiary/aromatic N) is 3. The normalized spacial score (nSPS) is 13.4. The molecule has 22 heavy (non-hydrogen) atoms. The summed E-state index contributed by atoms with van der Waals surface area (Å²) in [4.78, 5) is 16.0. The number of amides is 2. The van der Waals surface area contributed by atoms with Crippen molar-refractivity contribution in [2.75, 3.05) is 19.0 Å². The standard InChI is InChI=1S/C15H21N5O2/c1-11(10-22-3)20-8-6-14(19-20)18-15(21)17-12(2)13-5-4-7-16-9-13/h4-9,11-12H,10H2,1-3H3,(H2,17,18,19,21)/t11-,12-/m0/s1. The molecule has 7 heteroatoms. The minimum Gasteiger partial charge on any atom is -0.382 e. The fourth-order valence-electron chi connectivity index (χ4n) is 2.03. The number of hydrogen-bond acceptors (Lipinski definition) is 4. The number of hydrogen-bond donors (Lipinski definition) is 2. The third kappa shape index (κ3) is 4.29. The van der Waals surface area contributed by atoms with Crippen LogP contribution in [0.3, 0.4) is 0 Å². The molecule has 0 saturated carbocycles. The van der Waals surface area contributed by atoms with Gasteiger partial charge in [0, 0.05) is 31.8 Å². The van der Waals surface area contributed by atoms with Gasteiger partial charge in [-0.3, -0.25) is 15.0 Å². The van der Waals surface area contributed by atoms with E-state index in [4.69, 9.17) is 4.74 Å². The smallest absolute Gasteiger partial charge is 0.320 e. The molecule has 2 atom stereocenters. The highest BCUT2D eigenvalue weighted by Crippen LogP contribution is 2.12. The van der Waals surface area contributed by atoms with Gasteiger partial charge in [-0.05, 0) is 25.5 Å². The van der Waals surface area contributed by atoms with Crippen molar-refractivity contribution < 1.29 is 9.53 Å². The van der Waals surface area contributed by atoms with E-state index in [0.717, 1.165) is 5.56 Å². The van der Waals surface area contributed by atoms with Gasteiger partial charge < -0.3 is 10.1 Å². The topological polar surface area (TPSA) is 81.1 Å². The van der Waals surface area contributed by atoms with Crippen LogP contribution < -0.4 is 10.6 Å². The van der Waals surface area contributed by atoms with Crippen LogP contribution >= 0.6 is 0 Å². The summed E-state index contributed by atoms with van der Waals surface area (Å²) in [7, 11) is 1.65. The second-order valence-electron chi connectivity index (χ2n) is 5.09. The maximum absolute atomic E-state index is 12.0. The Hall–Kier alpha value is -2.41. The van der Waals surface area contributed by atoms with Crippen LogP contribution in [0.1, 0.15) is 31.5 Å². The van der Waals surface area contributed by atoms with Gasteiger partial charge in [0.1, 0.15) is 0 Å². The van der Waals surface area contributed by atoms with Crippen molar-refractivity contribution in [1.82, 2.24) is 20.1 Å². The van der Waals surface area contributed by atoms with E-state index < -0.39 is 0 Å². The zero-order valence-electron chi connectivity index (χ0n) is 13.0. The summed E-state index contributed by atoms with van der Waals surface area (Å²) < 4.78 is 6.84. The first-order valence-corrected chi connectivity index (χ1v) is 7.11. The van der Waals surface area contributed by atoms with Gasteiger partial charge in [-0.15, -0.1) is 0 Å². The third-order valence-electron chi connectivity index (χ3n) is 3.24. The molecular formula is C15H21N5O2. The quantitative estimate of drug-likeness (QED) is 0.858. The van der Waals surface area contributed by atoms with Crippen LogP contribution in [0.15, 0.2) is 36.8 Å². The van der Waals surface area contributed by atoms with Crippen LogP contribution in [-0.4, -0.2) is 34.5 Å². The summed E-state index contributed by atoms with van der Waals surface area (Å²) >= 11 is 0. The average molecular weight is 303 g/mol. The molecule has 0 aliphatic heterocycles. The largest absolute Gasteiger partial charge is 0.382 e. The average Bonchev–Trinajstić information content (AvgIpc) is 2.96. The van der Waals surface area contributed by atoms with Crippen LogP contribution in [0.2, 0.25) is 0 Å². The van der Waals surface area contributed by atoms with E-state index >= 15 is 0 Å². The lowest BCUT2D eigenvalue weighted by Gasteiger charge is -2.14. The van der Waals surface area contributed by atoms with Gasteiger partial charge in [-0.25, -0.2) is 4.79 Å². The monoisotopic (exact) mass is 303 g/mol. The van der Waals surface area contributed by atoms with E-state index in [9.17, 15) is 4.79 Å². The molecule has 118 valence electrons. The highest BCUT2D eigenvalue weighted by molar-refractivity contribution is 5.88. The number of ether oxygens (including phenoxy) is 1. The van der Waals surface area contributed by atoms with Gasteiger partial charge in [0.2, 0.25) is 0 Å². The summed E-state index contributed by atoms with van der Waals surface area (Å²) in [5, 5.41) is 9.86. The first-order valence-electron chi connectivity index (χ1n) is 7.11. The molecule has 2 N–H and O–H groups in total. The summed E-state index contributed by atoms with van der Waals surface area (Å²) in [5.41, 5.74) is 0.942. The lowest BCUT2D eigenvalue weighted by molar-refractivity contribution is 0.157. The molecule has 2 amide bonds. The van der Waals surface area contributed by atoms with Crippen molar-refractivity contribution in [1.29, 1.82) is 0 Å². The van der Waals surface area contributed by atoms with Gasteiger partial charge in [-0.2, -0.15) is 5.10 Å². The maximum Gasteiger partial charge on any atom is 0.320 e. The molecule has 0 saturated heterocycles.